The molecule has 0 bridgehead atoms. The summed E-state index contributed by atoms with van der Waals surface area (Å²) in [5.74, 6) is 1.15. The Morgan fingerprint density at radius 3 is 2.88 bits per heavy atom. The number of amides is 1. The summed E-state index contributed by atoms with van der Waals surface area (Å²) in [5.41, 5.74) is 1.71. The van der Waals surface area contributed by atoms with Crippen LogP contribution in [0.1, 0.15) is 38.0 Å². The van der Waals surface area contributed by atoms with Crippen LogP contribution in [0.25, 0.3) is 10.9 Å². The molecule has 6 nitrogen and oxygen atoms in total. The molecular formula is C18H21ClN4O2. The number of carbonyl (C=O) groups excluding carboxylic acids is 1. The standard InChI is InChI=1S/C18H21ClN4O2/c1-18(2,3)17-22-15(23-25-17)6-7-20-16(24)8-11-10-21-14-5-4-12(19)9-13(11)14/h4-5,9-10,21H,6-8H2,1-3H3,(H,20,24). The third kappa shape index (κ3) is 4.20. The molecule has 2 aromatic heterocycles. The van der Waals surface area contributed by atoms with Gasteiger partial charge in [-0.2, -0.15) is 4.98 Å². The lowest BCUT2D eigenvalue weighted by Gasteiger charge is -2.10. The quantitative estimate of drug-likeness (QED) is 0.730. The number of hydrogen-bond donors (Lipinski definition) is 2. The van der Waals surface area contributed by atoms with E-state index in [1.807, 2.05) is 45.2 Å². The first-order chi connectivity index (χ1) is 11.8. The number of rotatable bonds is 5. The van der Waals surface area contributed by atoms with Crippen molar-refractivity contribution in [2.75, 3.05) is 6.54 Å². The molecule has 0 aliphatic rings. The number of halogens is 1. The fourth-order valence-electron chi connectivity index (χ4n) is 2.51. The van der Waals surface area contributed by atoms with Crippen molar-refractivity contribution in [1.29, 1.82) is 0 Å². The van der Waals surface area contributed by atoms with Crippen LogP contribution in [-0.4, -0.2) is 27.6 Å². The largest absolute Gasteiger partial charge is 0.361 e. The van der Waals surface area contributed by atoms with Gasteiger partial charge >= 0.3 is 0 Å². The van der Waals surface area contributed by atoms with Gasteiger partial charge in [0.05, 0.1) is 6.42 Å². The van der Waals surface area contributed by atoms with Crippen LogP contribution in [-0.2, 0) is 23.1 Å². The molecule has 0 fully saturated rings. The topological polar surface area (TPSA) is 83.8 Å². The van der Waals surface area contributed by atoms with Crippen molar-refractivity contribution >= 4 is 28.4 Å². The Balaban J connectivity index is 1.54. The Bertz CT molecular complexity index is 892. The smallest absolute Gasteiger partial charge is 0.232 e. The highest BCUT2D eigenvalue weighted by Crippen LogP contribution is 2.23. The number of H-pyrrole nitrogens is 1. The van der Waals surface area contributed by atoms with Gasteiger partial charge in [-0.15, -0.1) is 0 Å². The van der Waals surface area contributed by atoms with E-state index < -0.39 is 0 Å². The van der Waals surface area contributed by atoms with E-state index in [1.54, 1.807) is 0 Å². The van der Waals surface area contributed by atoms with Crippen LogP contribution >= 0.6 is 11.6 Å². The molecule has 0 atom stereocenters. The monoisotopic (exact) mass is 360 g/mol. The van der Waals surface area contributed by atoms with E-state index in [4.69, 9.17) is 16.1 Å². The molecule has 3 aromatic rings. The zero-order valence-corrected chi connectivity index (χ0v) is 15.3. The maximum atomic E-state index is 12.2. The van der Waals surface area contributed by atoms with Crippen molar-refractivity contribution in [3.63, 3.8) is 0 Å². The third-order valence-corrected chi connectivity index (χ3v) is 4.10. The molecule has 1 amide bonds. The predicted octanol–water partition coefficient (Wildman–Crippen LogP) is 3.40. The van der Waals surface area contributed by atoms with E-state index in [9.17, 15) is 4.79 Å². The number of aromatic amines is 1. The first kappa shape index (κ1) is 17.5. The van der Waals surface area contributed by atoms with Gasteiger partial charge in [0.1, 0.15) is 0 Å². The third-order valence-electron chi connectivity index (χ3n) is 3.86. The van der Waals surface area contributed by atoms with E-state index in [2.05, 4.69) is 20.4 Å². The van der Waals surface area contributed by atoms with Gasteiger partial charge in [0.15, 0.2) is 5.82 Å². The summed E-state index contributed by atoms with van der Waals surface area (Å²) < 4.78 is 5.24. The summed E-state index contributed by atoms with van der Waals surface area (Å²) in [6, 6.07) is 5.59. The van der Waals surface area contributed by atoms with E-state index in [-0.39, 0.29) is 11.3 Å². The van der Waals surface area contributed by atoms with Crippen molar-refractivity contribution in [2.24, 2.45) is 0 Å². The number of benzene rings is 1. The molecule has 2 N–H and O–H groups in total. The minimum atomic E-state index is -0.175. The Labute approximate surface area is 150 Å². The first-order valence-electron chi connectivity index (χ1n) is 8.18. The van der Waals surface area contributed by atoms with Gasteiger partial charge in [-0.25, -0.2) is 0 Å². The van der Waals surface area contributed by atoms with Gasteiger partial charge in [-0.05, 0) is 23.8 Å². The summed E-state index contributed by atoms with van der Waals surface area (Å²) in [5, 5.41) is 8.46. The van der Waals surface area contributed by atoms with Gasteiger partial charge in [0.2, 0.25) is 11.8 Å². The lowest BCUT2D eigenvalue weighted by molar-refractivity contribution is -0.120. The van der Waals surface area contributed by atoms with Crippen molar-refractivity contribution < 1.29 is 9.32 Å². The van der Waals surface area contributed by atoms with Crippen LogP contribution in [0.4, 0.5) is 0 Å². The average molecular weight is 361 g/mol. The second-order valence-electron chi connectivity index (χ2n) is 7.05. The molecule has 2 heterocycles. The SMILES string of the molecule is CC(C)(C)c1nc(CCNC(=O)Cc2c[nH]c3ccc(Cl)cc23)no1. The van der Waals surface area contributed by atoms with Crippen LogP contribution in [0.2, 0.25) is 5.02 Å². The van der Waals surface area contributed by atoms with Crippen LogP contribution < -0.4 is 5.32 Å². The van der Waals surface area contributed by atoms with Gasteiger partial charge in [0, 0.05) is 40.5 Å². The highest BCUT2D eigenvalue weighted by Gasteiger charge is 2.21. The second kappa shape index (κ2) is 6.88. The summed E-state index contributed by atoms with van der Waals surface area (Å²) in [6.45, 7) is 6.50. The molecule has 0 spiro atoms. The average Bonchev–Trinajstić information content (AvgIpc) is 3.15. The molecule has 0 radical (unpaired) electrons. The zero-order chi connectivity index (χ0) is 18.0. The molecule has 7 heteroatoms. The molecule has 0 saturated heterocycles. The molecule has 0 unspecified atom stereocenters. The summed E-state index contributed by atoms with van der Waals surface area (Å²) >= 11 is 6.03. The lowest BCUT2D eigenvalue weighted by atomic mass is 9.97. The Kier molecular flexibility index (Phi) is 4.81. The molecule has 3 rings (SSSR count). The maximum absolute atomic E-state index is 12.2. The van der Waals surface area contributed by atoms with E-state index in [0.717, 1.165) is 16.5 Å². The van der Waals surface area contributed by atoms with Crippen molar-refractivity contribution in [3.8, 4) is 0 Å². The number of carbonyl (C=O) groups is 1. The van der Waals surface area contributed by atoms with E-state index >= 15 is 0 Å². The molecule has 25 heavy (non-hydrogen) atoms. The van der Waals surface area contributed by atoms with Gasteiger partial charge in [-0.3, -0.25) is 4.79 Å². The molecule has 132 valence electrons. The first-order valence-corrected chi connectivity index (χ1v) is 8.56. The summed E-state index contributed by atoms with van der Waals surface area (Å²) in [7, 11) is 0. The Hall–Kier alpha value is -2.34. The molecule has 0 aliphatic carbocycles. The van der Waals surface area contributed by atoms with Gasteiger partial charge in [-0.1, -0.05) is 37.5 Å². The normalized spacial score (nSPS) is 11.8. The summed E-state index contributed by atoms with van der Waals surface area (Å²) in [4.78, 5) is 19.7. The second-order valence-corrected chi connectivity index (χ2v) is 7.48. The Morgan fingerprint density at radius 1 is 1.36 bits per heavy atom. The summed E-state index contributed by atoms with van der Waals surface area (Å²) in [6.07, 6.45) is 2.67. The molecule has 1 aromatic carbocycles. The number of nitrogens with one attached hydrogen (secondary N) is 2. The molecule has 0 aliphatic heterocycles. The number of fused-ring (bicyclic) bond motifs is 1. The van der Waals surface area contributed by atoms with Crippen LogP contribution in [0.3, 0.4) is 0 Å². The minimum Gasteiger partial charge on any atom is -0.361 e. The van der Waals surface area contributed by atoms with Crippen molar-refractivity contribution in [3.05, 3.63) is 46.7 Å². The van der Waals surface area contributed by atoms with Crippen molar-refractivity contribution in [1.82, 2.24) is 20.4 Å². The fraction of sp³-hybridized carbons (Fsp3) is 0.389. The van der Waals surface area contributed by atoms with Crippen LogP contribution in [0.15, 0.2) is 28.9 Å². The lowest BCUT2D eigenvalue weighted by Crippen LogP contribution is -2.27. The van der Waals surface area contributed by atoms with Crippen LogP contribution in [0.5, 0.6) is 0 Å². The number of hydrogen-bond acceptors (Lipinski definition) is 4. The van der Waals surface area contributed by atoms with Crippen LogP contribution in [0, 0.1) is 0 Å². The molecular weight excluding hydrogens is 340 g/mol. The van der Waals surface area contributed by atoms with E-state index in [0.29, 0.717) is 36.1 Å². The fourth-order valence-corrected chi connectivity index (χ4v) is 2.68. The number of nitrogens with zero attached hydrogens (tertiary/aromatic N) is 2. The van der Waals surface area contributed by atoms with Gasteiger partial charge in [0.25, 0.3) is 0 Å². The highest BCUT2D eigenvalue weighted by atomic mass is 35.5. The molecule has 0 saturated carbocycles. The number of aromatic nitrogens is 3. The maximum Gasteiger partial charge on any atom is 0.232 e. The zero-order valence-electron chi connectivity index (χ0n) is 14.5. The predicted molar refractivity (Wildman–Crippen MR) is 96.7 cm³/mol. The van der Waals surface area contributed by atoms with Crippen molar-refractivity contribution in [2.45, 2.75) is 39.0 Å². The highest BCUT2D eigenvalue weighted by molar-refractivity contribution is 6.31. The van der Waals surface area contributed by atoms with Gasteiger partial charge < -0.3 is 14.8 Å². The minimum absolute atomic E-state index is 0.0552. The van der Waals surface area contributed by atoms with E-state index in [1.165, 1.54) is 0 Å². The Morgan fingerprint density at radius 2 is 2.16 bits per heavy atom.